The Bertz CT molecular complexity index is 630. The van der Waals surface area contributed by atoms with Crippen LogP contribution in [0.15, 0.2) is 12.1 Å². The van der Waals surface area contributed by atoms with Crippen molar-refractivity contribution in [2.45, 2.75) is 0 Å². The van der Waals surface area contributed by atoms with Gasteiger partial charge in [0.2, 0.25) is 11.8 Å². The second-order valence-corrected chi connectivity index (χ2v) is 6.66. The topological polar surface area (TPSA) is 44.2 Å². The predicted molar refractivity (Wildman–Crippen MR) is 88.3 cm³/mol. The number of aromatic nitrogens is 2. The van der Waals surface area contributed by atoms with Gasteiger partial charge in [0.05, 0.1) is 10.0 Å². The number of rotatable bonds is 4. The van der Waals surface area contributed by atoms with Crippen LogP contribution in [0.5, 0.6) is 11.8 Å². The fraction of sp³-hybridized carbons (Fsp3) is 0. The van der Waals surface area contributed by atoms with E-state index in [1.54, 1.807) is 0 Å². The lowest BCUT2D eigenvalue weighted by molar-refractivity contribution is 0.439. The summed E-state index contributed by atoms with van der Waals surface area (Å²) in [6, 6.07) is 2.85. The van der Waals surface area contributed by atoms with Crippen molar-refractivity contribution in [3.8, 4) is 11.8 Å². The summed E-state index contributed by atoms with van der Waals surface area (Å²) in [6.07, 6.45) is 0. The van der Waals surface area contributed by atoms with Gasteiger partial charge in [-0.25, -0.2) is 0 Å². The van der Waals surface area contributed by atoms with Crippen LogP contribution in [-0.4, -0.2) is 20.0 Å². The molecule has 11 heteroatoms. The molecule has 0 radical (unpaired) electrons. The first kappa shape index (κ1) is 17.2. The van der Waals surface area contributed by atoms with Crippen LogP contribution >= 0.6 is 69.6 Å². The summed E-state index contributed by atoms with van der Waals surface area (Å²) in [7, 11) is -1.58. The van der Waals surface area contributed by atoms with Crippen molar-refractivity contribution in [2.24, 2.45) is 0 Å². The Labute approximate surface area is 152 Å². The van der Waals surface area contributed by atoms with Gasteiger partial charge in [-0.3, -0.25) is 0 Å². The Balaban J connectivity index is 2.05. The normalized spacial score (nSPS) is 10.6. The SMILES string of the molecule is Clc1cc(Cl)c(O[SiH2]Oc2nc(Cl)c(Cl)cc2Cl)nc1Cl. The quantitative estimate of drug-likeness (QED) is 0.519. The molecule has 0 fully saturated rings. The molecule has 21 heavy (non-hydrogen) atoms. The average molecular weight is 425 g/mol. The van der Waals surface area contributed by atoms with E-state index in [1.165, 1.54) is 12.1 Å². The van der Waals surface area contributed by atoms with Crippen LogP contribution in [0.2, 0.25) is 30.4 Å². The standard InChI is InChI=1S/C10H4Cl6N2O2Si/c11-3-1-5(13)9(17-7(3)15)19-21-20-10-6(14)2-4(12)8(16)18-10/h1-2H,21H2. The van der Waals surface area contributed by atoms with E-state index in [0.717, 1.165) is 0 Å². The van der Waals surface area contributed by atoms with Crippen molar-refractivity contribution in [3.05, 3.63) is 42.5 Å². The van der Waals surface area contributed by atoms with Crippen molar-refractivity contribution in [2.75, 3.05) is 0 Å². The van der Waals surface area contributed by atoms with Gasteiger partial charge < -0.3 is 8.85 Å². The lowest BCUT2D eigenvalue weighted by Crippen LogP contribution is -2.13. The smallest absolute Gasteiger partial charge is 0.429 e. The zero-order chi connectivity index (χ0) is 15.6. The van der Waals surface area contributed by atoms with Gasteiger partial charge in [-0.15, -0.1) is 0 Å². The van der Waals surface area contributed by atoms with E-state index in [4.69, 9.17) is 78.5 Å². The molecule has 2 heterocycles. The predicted octanol–water partition coefficient (Wildman–Crippen LogP) is 4.85. The first-order valence-corrected chi connectivity index (χ1v) is 8.59. The van der Waals surface area contributed by atoms with E-state index >= 15 is 0 Å². The average Bonchev–Trinajstić information content (AvgIpc) is 2.41. The molecule has 0 bridgehead atoms. The van der Waals surface area contributed by atoms with Crippen molar-refractivity contribution in [1.82, 2.24) is 9.97 Å². The molecule has 0 aliphatic carbocycles. The van der Waals surface area contributed by atoms with Gasteiger partial charge in [-0.1, -0.05) is 69.6 Å². The first-order chi connectivity index (χ1) is 9.88. The highest BCUT2D eigenvalue weighted by atomic mass is 35.5. The summed E-state index contributed by atoms with van der Waals surface area (Å²) in [5.41, 5.74) is 0. The molecule has 112 valence electrons. The first-order valence-electron chi connectivity index (χ1n) is 5.17. The molecule has 0 spiro atoms. The molecule has 0 saturated carbocycles. The van der Waals surface area contributed by atoms with Crippen LogP contribution in [-0.2, 0) is 0 Å². The van der Waals surface area contributed by atoms with E-state index in [1.807, 2.05) is 0 Å². The number of halogens is 6. The van der Waals surface area contributed by atoms with E-state index < -0.39 is 10.0 Å². The van der Waals surface area contributed by atoms with Crippen molar-refractivity contribution >= 4 is 79.6 Å². The van der Waals surface area contributed by atoms with Crippen LogP contribution < -0.4 is 8.85 Å². The molecule has 0 aliphatic heterocycles. The molecule has 0 aromatic carbocycles. The molecule has 4 nitrogen and oxygen atoms in total. The maximum Gasteiger partial charge on any atom is 0.429 e. The molecule has 0 N–H and O–H groups in total. The lowest BCUT2D eigenvalue weighted by Gasteiger charge is -2.10. The summed E-state index contributed by atoms with van der Waals surface area (Å²) in [4.78, 5) is 7.78. The van der Waals surface area contributed by atoms with Gasteiger partial charge in [0.15, 0.2) is 10.3 Å². The second-order valence-electron chi connectivity index (χ2n) is 3.50. The molecule has 0 aliphatic rings. The Morgan fingerprint density at radius 1 is 0.667 bits per heavy atom. The minimum Gasteiger partial charge on any atom is -0.501 e. The van der Waals surface area contributed by atoms with Crippen LogP contribution in [0.3, 0.4) is 0 Å². The fourth-order valence-electron chi connectivity index (χ4n) is 1.20. The van der Waals surface area contributed by atoms with Crippen LogP contribution in [0.1, 0.15) is 0 Å². The highest BCUT2D eigenvalue weighted by molar-refractivity contribution is 6.43. The Morgan fingerprint density at radius 3 is 1.43 bits per heavy atom. The highest BCUT2D eigenvalue weighted by Gasteiger charge is 2.12. The number of hydrogen-bond acceptors (Lipinski definition) is 4. The van der Waals surface area contributed by atoms with Crippen molar-refractivity contribution < 1.29 is 8.85 Å². The highest BCUT2D eigenvalue weighted by Crippen LogP contribution is 2.32. The number of nitrogens with zero attached hydrogens (tertiary/aromatic N) is 2. The van der Waals surface area contributed by atoms with E-state index in [2.05, 4.69) is 9.97 Å². The van der Waals surface area contributed by atoms with Crippen LogP contribution in [0.4, 0.5) is 0 Å². The summed E-state index contributed by atoms with van der Waals surface area (Å²) in [5.74, 6) is 0.239. The Morgan fingerprint density at radius 2 is 1.05 bits per heavy atom. The van der Waals surface area contributed by atoms with E-state index in [-0.39, 0.29) is 42.2 Å². The van der Waals surface area contributed by atoms with Crippen molar-refractivity contribution in [1.29, 1.82) is 0 Å². The summed E-state index contributed by atoms with van der Waals surface area (Å²) >= 11 is 34.9. The van der Waals surface area contributed by atoms with Crippen molar-refractivity contribution in [3.63, 3.8) is 0 Å². The fourth-order valence-corrected chi connectivity index (χ4v) is 3.19. The third-order valence-corrected chi connectivity index (χ3v) is 4.77. The van der Waals surface area contributed by atoms with Gasteiger partial charge in [-0.05, 0) is 12.1 Å². The molecule has 0 unspecified atom stereocenters. The molecule has 0 amide bonds. The monoisotopic (exact) mass is 422 g/mol. The van der Waals surface area contributed by atoms with Crippen LogP contribution in [0.25, 0.3) is 0 Å². The number of pyridine rings is 2. The maximum atomic E-state index is 5.92. The molecule has 2 aromatic rings. The minimum absolute atomic E-state index is 0.0794. The molecule has 2 rings (SSSR count). The third kappa shape index (κ3) is 4.42. The zero-order valence-corrected chi connectivity index (χ0v) is 15.8. The molecule has 2 aromatic heterocycles. The largest absolute Gasteiger partial charge is 0.501 e. The lowest BCUT2D eigenvalue weighted by atomic mass is 10.5. The van der Waals surface area contributed by atoms with Crippen LogP contribution in [0, 0.1) is 0 Å². The zero-order valence-electron chi connectivity index (χ0n) is 9.84. The van der Waals surface area contributed by atoms with Gasteiger partial charge in [0, 0.05) is 0 Å². The molecule has 0 atom stereocenters. The second kappa shape index (κ2) is 7.42. The summed E-state index contributed by atoms with van der Waals surface area (Å²) in [5, 5.41) is 1.05. The van der Waals surface area contributed by atoms with Gasteiger partial charge in [0.25, 0.3) is 0 Å². The maximum absolute atomic E-state index is 5.92. The van der Waals surface area contributed by atoms with Gasteiger partial charge in [0.1, 0.15) is 10.0 Å². The van der Waals surface area contributed by atoms with Gasteiger partial charge >= 0.3 is 10.0 Å². The summed E-state index contributed by atoms with van der Waals surface area (Å²) < 4.78 is 10.7. The summed E-state index contributed by atoms with van der Waals surface area (Å²) in [6.45, 7) is 0. The molecular formula is C10H4Cl6N2O2Si. The third-order valence-electron chi connectivity index (χ3n) is 2.10. The number of hydrogen-bond donors (Lipinski definition) is 0. The minimum atomic E-state index is -1.58. The van der Waals surface area contributed by atoms with Gasteiger partial charge in [-0.2, -0.15) is 9.97 Å². The van der Waals surface area contributed by atoms with E-state index in [0.29, 0.717) is 0 Å². The Kier molecular flexibility index (Phi) is 6.08. The molecule has 0 saturated heterocycles. The Hall–Kier alpha value is -0.143. The molecular weight excluding hydrogens is 421 g/mol. The van der Waals surface area contributed by atoms with E-state index in [9.17, 15) is 0 Å².